The van der Waals surface area contributed by atoms with Crippen LogP contribution < -0.4 is 5.32 Å². The molecule has 0 saturated heterocycles. The van der Waals surface area contributed by atoms with E-state index in [-0.39, 0.29) is 12.2 Å². The molecule has 2 N–H and O–H groups in total. The van der Waals surface area contributed by atoms with E-state index in [1.807, 2.05) is 0 Å². The van der Waals surface area contributed by atoms with Gasteiger partial charge in [0.1, 0.15) is 0 Å². The van der Waals surface area contributed by atoms with Gasteiger partial charge in [-0.3, -0.25) is 0 Å². The van der Waals surface area contributed by atoms with Crippen LogP contribution in [0, 0.1) is 0 Å². The van der Waals surface area contributed by atoms with E-state index in [2.05, 4.69) is 5.32 Å². The molecule has 0 aliphatic carbocycles. The molecule has 2 rings (SSSR count). The summed E-state index contributed by atoms with van der Waals surface area (Å²) in [5.41, 5.74) is 0.953. The molecule has 106 valence electrons. The van der Waals surface area contributed by atoms with Gasteiger partial charge in [0.2, 0.25) is 0 Å². The van der Waals surface area contributed by atoms with Gasteiger partial charge in [-0.15, -0.1) is 0 Å². The Morgan fingerprint density at radius 2 is 1.75 bits per heavy atom. The normalized spacial score (nSPS) is 11.4. The summed E-state index contributed by atoms with van der Waals surface area (Å²) in [4.78, 5) is 0. The number of rotatable bonds is 3. The van der Waals surface area contributed by atoms with Crippen molar-refractivity contribution in [1.29, 1.82) is 0 Å². The van der Waals surface area contributed by atoms with E-state index >= 15 is 0 Å². The van der Waals surface area contributed by atoms with Crippen LogP contribution in [0.15, 0.2) is 42.5 Å². The van der Waals surface area contributed by atoms with Gasteiger partial charge in [0.05, 0.1) is 12.2 Å². The van der Waals surface area contributed by atoms with Crippen molar-refractivity contribution in [3.05, 3.63) is 53.6 Å². The average molecular weight is 281 g/mol. The van der Waals surface area contributed by atoms with Crippen LogP contribution in [0.5, 0.6) is 0 Å². The molecule has 2 aromatic rings. The van der Waals surface area contributed by atoms with Crippen molar-refractivity contribution in [1.82, 2.24) is 0 Å². The summed E-state index contributed by atoms with van der Waals surface area (Å²) in [5, 5.41) is 12.3. The molecular formula is C15H14F3NO. The van der Waals surface area contributed by atoms with Gasteiger partial charge in [-0.25, -0.2) is 0 Å². The summed E-state index contributed by atoms with van der Waals surface area (Å²) in [6, 6.07) is 10.3. The Morgan fingerprint density at radius 1 is 1.05 bits per heavy atom. The standard InChI is InChI=1S/C15H14F3NO/c1-19-11-6-7-12(10(8-11)9-20)13-4-2-3-5-14(13)15(16,17)18/h2-8,19-20H,9H2,1H3. The number of aliphatic hydroxyl groups is 1. The van der Waals surface area contributed by atoms with Crippen molar-refractivity contribution in [2.45, 2.75) is 12.8 Å². The van der Waals surface area contributed by atoms with Crippen molar-refractivity contribution < 1.29 is 18.3 Å². The molecule has 0 aromatic heterocycles. The van der Waals surface area contributed by atoms with E-state index in [4.69, 9.17) is 0 Å². The zero-order chi connectivity index (χ0) is 14.8. The molecule has 0 saturated carbocycles. The van der Waals surface area contributed by atoms with Crippen LogP contribution >= 0.6 is 0 Å². The maximum absolute atomic E-state index is 13.0. The van der Waals surface area contributed by atoms with E-state index in [0.29, 0.717) is 11.1 Å². The van der Waals surface area contributed by atoms with Gasteiger partial charge in [-0.2, -0.15) is 13.2 Å². The lowest BCUT2D eigenvalue weighted by Crippen LogP contribution is -2.07. The third-order valence-corrected chi connectivity index (χ3v) is 3.09. The average Bonchev–Trinajstić information content (AvgIpc) is 2.45. The minimum atomic E-state index is -4.43. The maximum Gasteiger partial charge on any atom is 0.417 e. The van der Waals surface area contributed by atoms with Crippen molar-refractivity contribution in [3.63, 3.8) is 0 Å². The molecule has 0 heterocycles. The zero-order valence-electron chi connectivity index (χ0n) is 10.8. The quantitative estimate of drug-likeness (QED) is 0.894. The van der Waals surface area contributed by atoms with Crippen molar-refractivity contribution >= 4 is 5.69 Å². The molecule has 0 amide bonds. The fraction of sp³-hybridized carbons (Fsp3) is 0.200. The van der Waals surface area contributed by atoms with Gasteiger partial charge in [-0.05, 0) is 34.9 Å². The Morgan fingerprint density at radius 3 is 2.35 bits per heavy atom. The monoisotopic (exact) mass is 281 g/mol. The summed E-state index contributed by atoms with van der Waals surface area (Å²) >= 11 is 0. The number of alkyl halides is 3. The summed E-state index contributed by atoms with van der Waals surface area (Å²) in [5.74, 6) is 0. The lowest BCUT2D eigenvalue weighted by atomic mass is 9.95. The van der Waals surface area contributed by atoms with Crippen molar-refractivity contribution in [2.75, 3.05) is 12.4 Å². The second kappa shape index (κ2) is 5.54. The number of anilines is 1. The topological polar surface area (TPSA) is 32.3 Å². The van der Waals surface area contributed by atoms with Gasteiger partial charge in [0, 0.05) is 12.7 Å². The first kappa shape index (κ1) is 14.4. The van der Waals surface area contributed by atoms with Crippen LogP contribution in [0.1, 0.15) is 11.1 Å². The molecule has 0 aliphatic heterocycles. The number of aliphatic hydroxyl groups excluding tert-OH is 1. The molecule has 0 aliphatic rings. The number of hydrogen-bond acceptors (Lipinski definition) is 2. The van der Waals surface area contributed by atoms with E-state index in [9.17, 15) is 18.3 Å². The molecule has 5 heteroatoms. The Kier molecular flexibility index (Phi) is 3.99. The first-order valence-electron chi connectivity index (χ1n) is 6.05. The molecule has 0 radical (unpaired) electrons. The van der Waals surface area contributed by atoms with Gasteiger partial charge >= 0.3 is 6.18 Å². The highest BCUT2D eigenvalue weighted by atomic mass is 19.4. The Labute approximate surface area is 114 Å². The van der Waals surface area contributed by atoms with Crippen LogP contribution in [-0.4, -0.2) is 12.2 Å². The molecule has 0 spiro atoms. The molecule has 2 aromatic carbocycles. The third-order valence-electron chi connectivity index (χ3n) is 3.09. The minimum Gasteiger partial charge on any atom is -0.392 e. The van der Waals surface area contributed by atoms with Gasteiger partial charge in [0.15, 0.2) is 0 Å². The van der Waals surface area contributed by atoms with E-state index < -0.39 is 11.7 Å². The summed E-state index contributed by atoms with van der Waals surface area (Å²) in [6.07, 6.45) is -4.43. The first-order valence-corrected chi connectivity index (χ1v) is 6.05. The zero-order valence-corrected chi connectivity index (χ0v) is 10.8. The lowest BCUT2D eigenvalue weighted by Gasteiger charge is -2.16. The molecule has 0 bridgehead atoms. The highest BCUT2D eigenvalue weighted by Gasteiger charge is 2.33. The highest BCUT2D eigenvalue weighted by molar-refractivity contribution is 5.73. The number of hydrogen-bond donors (Lipinski definition) is 2. The fourth-order valence-electron chi connectivity index (χ4n) is 2.11. The predicted molar refractivity (Wildman–Crippen MR) is 72.3 cm³/mol. The fourth-order valence-corrected chi connectivity index (χ4v) is 2.11. The first-order chi connectivity index (χ1) is 9.47. The second-order valence-corrected chi connectivity index (χ2v) is 4.32. The van der Waals surface area contributed by atoms with E-state index in [1.165, 1.54) is 12.1 Å². The Bertz CT molecular complexity index is 608. The van der Waals surface area contributed by atoms with Crippen LogP contribution in [0.25, 0.3) is 11.1 Å². The molecular weight excluding hydrogens is 267 g/mol. The van der Waals surface area contributed by atoms with Gasteiger partial charge in [0.25, 0.3) is 0 Å². The van der Waals surface area contributed by atoms with Crippen LogP contribution in [0.4, 0.5) is 18.9 Å². The second-order valence-electron chi connectivity index (χ2n) is 4.32. The number of benzene rings is 2. The highest BCUT2D eigenvalue weighted by Crippen LogP contribution is 2.38. The van der Waals surface area contributed by atoms with Gasteiger partial charge in [-0.1, -0.05) is 24.3 Å². The smallest absolute Gasteiger partial charge is 0.392 e. The maximum atomic E-state index is 13.0. The molecule has 0 unspecified atom stereocenters. The lowest BCUT2D eigenvalue weighted by molar-refractivity contribution is -0.137. The van der Waals surface area contributed by atoms with Gasteiger partial charge < -0.3 is 10.4 Å². The summed E-state index contributed by atoms with van der Waals surface area (Å²) in [7, 11) is 1.71. The third kappa shape index (κ3) is 2.77. The van der Waals surface area contributed by atoms with E-state index in [0.717, 1.165) is 11.8 Å². The summed E-state index contributed by atoms with van der Waals surface area (Å²) < 4.78 is 39.1. The Balaban J connectivity index is 2.63. The molecule has 0 atom stereocenters. The van der Waals surface area contributed by atoms with Crippen LogP contribution in [-0.2, 0) is 12.8 Å². The Hall–Kier alpha value is -2.01. The van der Waals surface area contributed by atoms with Crippen LogP contribution in [0.2, 0.25) is 0 Å². The largest absolute Gasteiger partial charge is 0.417 e. The molecule has 2 nitrogen and oxygen atoms in total. The number of nitrogens with one attached hydrogen (secondary N) is 1. The van der Waals surface area contributed by atoms with Crippen molar-refractivity contribution in [3.8, 4) is 11.1 Å². The summed E-state index contributed by atoms with van der Waals surface area (Å²) in [6.45, 7) is -0.322. The van der Waals surface area contributed by atoms with E-state index in [1.54, 1.807) is 31.3 Å². The van der Waals surface area contributed by atoms with Crippen LogP contribution in [0.3, 0.4) is 0 Å². The minimum absolute atomic E-state index is 0.0757. The number of halogens is 3. The predicted octanol–water partition coefficient (Wildman–Crippen LogP) is 3.91. The molecule has 0 fully saturated rings. The SMILES string of the molecule is CNc1ccc(-c2ccccc2C(F)(F)F)c(CO)c1. The molecule has 20 heavy (non-hydrogen) atoms. The van der Waals surface area contributed by atoms with Crippen molar-refractivity contribution in [2.24, 2.45) is 0 Å².